The van der Waals surface area contributed by atoms with Gasteiger partial charge in [0.05, 0.1) is 0 Å². The summed E-state index contributed by atoms with van der Waals surface area (Å²) < 4.78 is 0. The molecule has 0 bridgehead atoms. The molecule has 1 aliphatic carbocycles. The fourth-order valence-electron chi connectivity index (χ4n) is 2.10. The Morgan fingerprint density at radius 2 is 2.38 bits per heavy atom. The molecule has 0 saturated carbocycles. The van der Waals surface area contributed by atoms with Gasteiger partial charge < -0.3 is 0 Å². The Morgan fingerprint density at radius 3 is 3.31 bits per heavy atom. The maximum atomic E-state index is 4.65. The smallest absolute Gasteiger partial charge is 0.0408 e. The van der Waals surface area contributed by atoms with E-state index in [2.05, 4.69) is 30.1 Å². The zero-order valence-electron chi connectivity index (χ0n) is 8.29. The zero-order chi connectivity index (χ0) is 9.10. The Bertz CT molecular complexity index is 271. The Balaban J connectivity index is 2.30. The number of hydrogen-bond donors (Lipinski definition) is 0. The summed E-state index contributed by atoms with van der Waals surface area (Å²) in [6.45, 7) is 3.35. The minimum atomic E-state index is 0.663. The Morgan fingerprint density at radius 1 is 1.46 bits per heavy atom. The fourth-order valence-corrected chi connectivity index (χ4v) is 2.10. The van der Waals surface area contributed by atoms with Gasteiger partial charge in [0, 0.05) is 12.3 Å². The first-order valence-electron chi connectivity index (χ1n) is 5.28. The van der Waals surface area contributed by atoms with Crippen LogP contribution in [0.15, 0.2) is 28.8 Å². The van der Waals surface area contributed by atoms with E-state index in [1.807, 2.05) is 0 Å². The summed E-state index contributed by atoms with van der Waals surface area (Å²) in [4.78, 5) is 4.65. The first kappa shape index (κ1) is 8.74. The second-order valence-corrected chi connectivity index (χ2v) is 3.97. The molecule has 2 rings (SSSR count). The zero-order valence-corrected chi connectivity index (χ0v) is 8.29. The number of hydrogen-bond acceptors (Lipinski definition) is 1. The second-order valence-electron chi connectivity index (χ2n) is 3.97. The molecule has 70 valence electrons. The van der Waals surface area contributed by atoms with Crippen LogP contribution in [0.5, 0.6) is 0 Å². The van der Waals surface area contributed by atoms with Crippen molar-refractivity contribution in [3.63, 3.8) is 0 Å². The van der Waals surface area contributed by atoms with Crippen LogP contribution in [-0.2, 0) is 0 Å². The normalized spacial score (nSPS) is 32.2. The van der Waals surface area contributed by atoms with E-state index in [0.717, 1.165) is 6.54 Å². The van der Waals surface area contributed by atoms with Crippen LogP contribution in [0.1, 0.15) is 32.6 Å². The molecule has 0 fully saturated rings. The number of allylic oxidation sites excluding steroid dienone is 4. The Labute approximate surface area is 80.3 Å². The number of fused-ring (bicyclic) bond motifs is 1. The van der Waals surface area contributed by atoms with Crippen LogP contribution in [0.25, 0.3) is 0 Å². The molecule has 2 aliphatic rings. The van der Waals surface area contributed by atoms with E-state index in [1.165, 1.54) is 37.0 Å². The van der Waals surface area contributed by atoms with Gasteiger partial charge in [-0.25, -0.2) is 0 Å². The second kappa shape index (κ2) is 3.91. The first-order valence-corrected chi connectivity index (χ1v) is 5.28. The van der Waals surface area contributed by atoms with E-state index < -0.39 is 0 Å². The van der Waals surface area contributed by atoms with Crippen molar-refractivity contribution in [2.24, 2.45) is 10.9 Å². The number of nitrogens with zero attached hydrogens (tertiary/aromatic N) is 1. The Hall–Kier alpha value is -0.850. The highest BCUT2D eigenvalue weighted by Gasteiger charge is 2.17. The third kappa shape index (κ3) is 1.90. The average Bonchev–Trinajstić information content (AvgIpc) is 2.14. The third-order valence-electron chi connectivity index (χ3n) is 2.88. The van der Waals surface area contributed by atoms with Gasteiger partial charge in [0.15, 0.2) is 0 Å². The predicted octanol–water partition coefficient (Wildman–Crippen LogP) is 3.13. The van der Waals surface area contributed by atoms with E-state index in [9.17, 15) is 0 Å². The lowest BCUT2D eigenvalue weighted by Crippen LogP contribution is -2.19. The van der Waals surface area contributed by atoms with Crippen LogP contribution < -0.4 is 0 Å². The summed E-state index contributed by atoms with van der Waals surface area (Å²) in [5.74, 6) is 0.663. The summed E-state index contributed by atoms with van der Waals surface area (Å²) in [5.41, 5.74) is 2.87. The molecule has 1 atom stereocenters. The highest BCUT2D eigenvalue weighted by atomic mass is 14.8. The van der Waals surface area contributed by atoms with E-state index in [0.29, 0.717) is 5.92 Å². The van der Waals surface area contributed by atoms with Gasteiger partial charge in [-0.1, -0.05) is 25.2 Å². The van der Waals surface area contributed by atoms with Crippen molar-refractivity contribution in [2.45, 2.75) is 32.6 Å². The molecule has 1 heterocycles. The van der Waals surface area contributed by atoms with Gasteiger partial charge in [-0.2, -0.15) is 0 Å². The third-order valence-corrected chi connectivity index (χ3v) is 2.88. The van der Waals surface area contributed by atoms with Gasteiger partial charge in [0.2, 0.25) is 0 Å². The molecule has 0 spiro atoms. The van der Waals surface area contributed by atoms with Gasteiger partial charge in [-0.3, -0.25) is 4.99 Å². The summed E-state index contributed by atoms with van der Waals surface area (Å²) in [6, 6.07) is 0. The first-order chi connectivity index (χ1) is 6.38. The molecule has 1 nitrogen and oxygen atoms in total. The molecule has 0 aromatic heterocycles. The number of rotatable bonds is 0. The van der Waals surface area contributed by atoms with Crippen molar-refractivity contribution in [1.29, 1.82) is 0 Å². The lowest BCUT2D eigenvalue weighted by molar-refractivity contribution is 0.668. The van der Waals surface area contributed by atoms with Gasteiger partial charge in [-0.05, 0) is 37.2 Å². The molecule has 1 aliphatic heterocycles. The van der Waals surface area contributed by atoms with Gasteiger partial charge >= 0.3 is 0 Å². The van der Waals surface area contributed by atoms with Gasteiger partial charge in [-0.15, -0.1) is 0 Å². The topological polar surface area (TPSA) is 12.4 Å². The van der Waals surface area contributed by atoms with Crippen molar-refractivity contribution < 1.29 is 0 Å². The van der Waals surface area contributed by atoms with Crippen LogP contribution in [0, 0.1) is 5.92 Å². The van der Waals surface area contributed by atoms with Crippen LogP contribution in [0.2, 0.25) is 0 Å². The maximum absolute atomic E-state index is 4.65. The van der Waals surface area contributed by atoms with Crippen molar-refractivity contribution in [3.05, 3.63) is 23.8 Å². The minimum Gasteiger partial charge on any atom is -0.289 e. The monoisotopic (exact) mass is 175 g/mol. The molecule has 0 aromatic carbocycles. The molecule has 1 unspecified atom stereocenters. The molecular weight excluding hydrogens is 158 g/mol. The van der Waals surface area contributed by atoms with Gasteiger partial charge in [0.25, 0.3) is 0 Å². The SMILES string of the molecule is CC1CCC=C/C=C2/CCCN=C21. The molecular formula is C12H17N. The van der Waals surface area contributed by atoms with E-state index >= 15 is 0 Å². The molecule has 13 heavy (non-hydrogen) atoms. The van der Waals surface area contributed by atoms with E-state index in [4.69, 9.17) is 0 Å². The highest BCUT2D eigenvalue weighted by Crippen LogP contribution is 2.23. The van der Waals surface area contributed by atoms with Crippen LogP contribution in [0.3, 0.4) is 0 Å². The molecule has 0 radical (unpaired) electrons. The maximum Gasteiger partial charge on any atom is 0.0408 e. The van der Waals surface area contributed by atoms with Crippen molar-refractivity contribution >= 4 is 5.71 Å². The summed E-state index contributed by atoms with van der Waals surface area (Å²) in [5, 5.41) is 0. The van der Waals surface area contributed by atoms with Crippen molar-refractivity contribution in [3.8, 4) is 0 Å². The molecule has 0 saturated heterocycles. The van der Waals surface area contributed by atoms with E-state index in [1.54, 1.807) is 0 Å². The van der Waals surface area contributed by atoms with Gasteiger partial charge in [0.1, 0.15) is 0 Å². The lowest BCUT2D eigenvalue weighted by atomic mass is 9.88. The van der Waals surface area contributed by atoms with Crippen LogP contribution in [0.4, 0.5) is 0 Å². The Kier molecular flexibility index (Phi) is 2.62. The molecule has 1 heteroatoms. The lowest BCUT2D eigenvalue weighted by Gasteiger charge is -2.22. The van der Waals surface area contributed by atoms with Crippen LogP contribution >= 0.6 is 0 Å². The van der Waals surface area contributed by atoms with Crippen molar-refractivity contribution in [1.82, 2.24) is 0 Å². The number of aliphatic imine (C=N–C) groups is 1. The fraction of sp³-hybridized carbons (Fsp3) is 0.583. The predicted molar refractivity (Wildman–Crippen MR) is 57.2 cm³/mol. The highest BCUT2D eigenvalue weighted by molar-refractivity contribution is 6.02. The summed E-state index contributed by atoms with van der Waals surface area (Å²) in [6.07, 6.45) is 11.6. The summed E-state index contributed by atoms with van der Waals surface area (Å²) >= 11 is 0. The standard InChI is InChI=1S/C12H17N/c1-10-6-3-2-4-7-11-8-5-9-13-12(10)11/h2,4,7,10H,3,5-6,8-9H2,1H3/b4-2?,11-7-. The average molecular weight is 175 g/mol. The van der Waals surface area contributed by atoms with Crippen LogP contribution in [-0.4, -0.2) is 12.3 Å². The molecule has 0 amide bonds. The summed E-state index contributed by atoms with van der Waals surface area (Å²) in [7, 11) is 0. The minimum absolute atomic E-state index is 0.663. The largest absolute Gasteiger partial charge is 0.289 e. The molecule has 0 aromatic rings. The van der Waals surface area contributed by atoms with Crippen molar-refractivity contribution in [2.75, 3.05) is 6.54 Å². The quantitative estimate of drug-likeness (QED) is 0.536. The molecule has 0 N–H and O–H groups in total. The van der Waals surface area contributed by atoms with E-state index in [-0.39, 0.29) is 0 Å².